The van der Waals surface area contributed by atoms with Crippen LogP contribution in [0.25, 0.3) is 0 Å². The molecule has 6 heteroatoms. The van der Waals surface area contributed by atoms with Gasteiger partial charge in [-0.3, -0.25) is 4.90 Å². The van der Waals surface area contributed by atoms with Crippen molar-refractivity contribution in [3.8, 4) is 0 Å². The number of hydrogen-bond donors (Lipinski definition) is 1. The number of hydrogen-bond acceptors (Lipinski definition) is 6. The van der Waals surface area contributed by atoms with E-state index in [4.69, 9.17) is 5.11 Å². The fraction of sp³-hybridized carbons (Fsp3) is 0.778. The van der Waals surface area contributed by atoms with Crippen molar-refractivity contribution in [3.05, 3.63) is 5.01 Å². The molecule has 5 nitrogen and oxygen atoms in total. The highest BCUT2D eigenvalue weighted by Gasteiger charge is 2.18. The largest absolute Gasteiger partial charge is 0.395 e. The fourth-order valence-electron chi connectivity index (χ4n) is 1.72. The van der Waals surface area contributed by atoms with Crippen LogP contribution in [0.1, 0.15) is 5.01 Å². The summed E-state index contributed by atoms with van der Waals surface area (Å²) < 4.78 is 0. The van der Waals surface area contributed by atoms with Crippen molar-refractivity contribution in [1.29, 1.82) is 0 Å². The normalized spacial score (nSPS) is 18.4. The SMILES string of the molecule is Cc1nnc(N2CCN(CCO)CC2)s1. The van der Waals surface area contributed by atoms with Gasteiger partial charge in [0.2, 0.25) is 5.13 Å². The van der Waals surface area contributed by atoms with Crippen molar-refractivity contribution in [3.63, 3.8) is 0 Å². The predicted octanol–water partition coefficient (Wildman–Crippen LogP) is -0.0392. The van der Waals surface area contributed by atoms with Gasteiger partial charge in [0.25, 0.3) is 0 Å². The van der Waals surface area contributed by atoms with Crippen molar-refractivity contribution in [2.45, 2.75) is 6.92 Å². The number of β-amino-alcohol motifs (C(OH)–C–C–N with tert-alkyl or cyclic N) is 1. The van der Waals surface area contributed by atoms with E-state index in [-0.39, 0.29) is 6.61 Å². The summed E-state index contributed by atoms with van der Waals surface area (Å²) in [6.45, 7) is 6.96. The molecule has 1 saturated heterocycles. The molecule has 1 aromatic rings. The highest BCUT2D eigenvalue weighted by Crippen LogP contribution is 2.20. The molecule has 0 unspecified atom stereocenters. The summed E-state index contributed by atoms with van der Waals surface area (Å²) in [5.74, 6) is 0. The Balaban J connectivity index is 1.88. The Morgan fingerprint density at radius 3 is 2.53 bits per heavy atom. The van der Waals surface area contributed by atoms with Crippen LogP contribution in [0.3, 0.4) is 0 Å². The number of rotatable bonds is 3. The fourth-order valence-corrected chi connectivity index (χ4v) is 2.46. The first kappa shape index (κ1) is 10.8. The zero-order valence-corrected chi connectivity index (χ0v) is 9.70. The van der Waals surface area contributed by atoms with E-state index in [1.165, 1.54) is 0 Å². The molecule has 2 rings (SSSR count). The summed E-state index contributed by atoms with van der Waals surface area (Å²) in [6, 6.07) is 0. The van der Waals surface area contributed by atoms with Gasteiger partial charge in [0, 0.05) is 32.7 Å². The summed E-state index contributed by atoms with van der Waals surface area (Å²) in [7, 11) is 0. The molecule has 0 spiro atoms. The predicted molar refractivity (Wildman–Crippen MR) is 60.4 cm³/mol. The van der Waals surface area contributed by atoms with E-state index in [1.807, 2.05) is 6.92 Å². The van der Waals surface area contributed by atoms with Crippen LogP contribution < -0.4 is 4.90 Å². The number of anilines is 1. The smallest absolute Gasteiger partial charge is 0.208 e. The quantitative estimate of drug-likeness (QED) is 0.787. The molecule has 0 saturated carbocycles. The molecule has 15 heavy (non-hydrogen) atoms. The van der Waals surface area contributed by atoms with Gasteiger partial charge in [-0.2, -0.15) is 0 Å². The minimum atomic E-state index is 0.248. The lowest BCUT2D eigenvalue weighted by atomic mass is 10.3. The van der Waals surface area contributed by atoms with Crippen LogP contribution in [-0.4, -0.2) is 59.5 Å². The first-order chi connectivity index (χ1) is 7.29. The number of aromatic nitrogens is 2. The first-order valence-corrected chi connectivity index (χ1v) is 5.99. The number of aliphatic hydroxyl groups is 1. The standard InChI is InChI=1S/C9H16N4OS/c1-8-10-11-9(15-8)13-4-2-12(3-5-13)6-7-14/h14H,2-7H2,1H3. The van der Waals surface area contributed by atoms with Crippen LogP contribution in [0.5, 0.6) is 0 Å². The van der Waals surface area contributed by atoms with Crippen LogP contribution in [-0.2, 0) is 0 Å². The Morgan fingerprint density at radius 1 is 1.27 bits per heavy atom. The van der Waals surface area contributed by atoms with Gasteiger partial charge >= 0.3 is 0 Å². The maximum absolute atomic E-state index is 8.83. The molecule has 0 atom stereocenters. The van der Waals surface area contributed by atoms with Crippen molar-refractivity contribution >= 4 is 16.5 Å². The molecule has 0 amide bonds. The molecular weight excluding hydrogens is 212 g/mol. The third-order valence-corrected chi connectivity index (χ3v) is 3.47. The summed E-state index contributed by atoms with van der Waals surface area (Å²) in [6.07, 6.45) is 0. The lowest BCUT2D eigenvalue weighted by Crippen LogP contribution is -2.47. The molecule has 1 aromatic heterocycles. The number of piperazine rings is 1. The second-order valence-corrected chi connectivity index (χ2v) is 4.82. The third-order valence-electron chi connectivity index (χ3n) is 2.57. The Hall–Kier alpha value is -0.720. The molecule has 1 N–H and O–H groups in total. The maximum Gasteiger partial charge on any atom is 0.208 e. The highest BCUT2D eigenvalue weighted by molar-refractivity contribution is 7.15. The van der Waals surface area contributed by atoms with Crippen LogP contribution in [0.15, 0.2) is 0 Å². The Labute approximate surface area is 93.3 Å². The number of aliphatic hydroxyl groups excluding tert-OH is 1. The summed E-state index contributed by atoms with van der Waals surface area (Å²) in [5.41, 5.74) is 0. The molecule has 1 aliphatic rings. The lowest BCUT2D eigenvalue weighted by molar-refractivity contribution is 0.188. The van der Waals surface area contributed by atoms with E-state index in [9.17, 15) is 0 Å². The van der Waals surface area contributed by atoms with Gasteiger partial charge in [-0.25, -0.2) is 0 Å². The second-order valence-electron chi connectivity index (χ2n) is 3.66. The number of aryl methyl sites for hydroxylation is 1. The van der Waals surface area contributed by atoms with E-state index < -0.39 is 0 Å². The molecule has 0 aliphatic carbocycles. The van der Waals surface area contributed by atoms with Gasteiger partial charge in [-0.05, 0) is 6.92 Å². The van der Waals surface area contributed by atoms with Crippen molar-refractivity contribution < 1.29 is 5.11 Å². The molecular formula is C9H16N4OS. The van der Waals surface area contributed by atoms with E-state index in [0.717, 1.165) is 42.9 Å². The van der Waals surface area contributed by atoms with Crippen LogP contribution in [0.2, 0.25) is 0 Å². The molecule has 0 aromatic carbocycles. The minimum absolute atomic E-state index is 0.248. The first-order valence-electron chi connectivity index (χ1n) is 5.18. The Morgan fingerprint density at radius 2 is 2.00 bits per heavy atom. The molecule has 84 valence electrons. The summed E-state index contributed by atoms with van der Waals surface area (Å²) in [4.78, 5) is 4.53. The number of nitrogens with zero attached hydrogens (tertiary/aromatic N) is 4. The zero-order valence-electron chi connectivity index (χ0n) is 8.89. The molecule has 1 aliphatic heterocycles. The summed E-state index contributed by atoms with van der Waals surface area (Å²) >= 11 is 1.64. The average molecular weight is 228 g/mol. The van der Waals surface area contributed by atoms with Gasteiger partial charge < -0.3 is 10.0 Å². The third kappa shape index (κ3) is 2.64. The van der Waals surface area contributed by atoms with Gasteiger partial charge in [0.15, 0.2) is 0 Å². The average Bonchev–Trinajstić information content (AvgIpc) is 2.67. The molecule has 2 heterocycles. The Bertz CT molecular complexity index is 309. The van der Waals surface area contributed by atoms with Gasteiger partial charge in [-0.1, -0.05) is 11.3 Å². The van der Waals surface area contributed by atoms with Crippen LogP contribution >= 0.6 is 11.3 Å². The molecule has 0 bridgehead atoms. The lowest BCUT2D eigenvalue weighted by Gasteiger charge is -2.33. The molecule has 1 fully saturated rings. The minimum Gasteiger partial charge on any atom is -0.395 e. The Kier molecular flexibility index (Phi) is 3.50. The van der Waals surface area contributed by atoms with Gasteiger partial charge in [0.05, 0.1) is 6.61 Å². The van der Waals surface area contributed by atoms with E-state index in [1.54, 1.807) is 11.3 Å². The molecule has 0 radical (unpaired) electrons. The topological polar surface area (TPSA) is 52.5 Å². The van der Waals surface area contributed by atoms with Gasteiger partial charge in [-0.15, -0.1) is 10.2 Å². The maximum atomic E-state index is 8.83. The van der Waals surface area contributed by atoms with Crippen molar-refractivity contribution in [1.82, 2.24) is 15.1 Å². The second kappa shape index (κ2) is 4.87. The van der Waals surface area contributed by atoms with Crippen LogP contribution in [0, 0.1) is 6.92 Å². The zero-order chi connectivity index (χ0) is 10.7. The van der Waals surface area contributed by atoms with Gasteiger partial charge in [0.1, 0.15) is 5.01 Å². The monoisotopic (exact) mass is 228 g/mol. The van der Waals surface area contributed by atoms with Crippen LogP contribution in [0.4, 0.5) is 5.13 Å². The highest BCUT2D eigenvalue weighted by atomic mass is 32.1. The van der Waals surface area contributed by atoms with E-state index in [0.29, 0.717) is 0 Å². The van der Waals surface area contributed by atoms with Crippen molar-refractivity contribution in [2.75, 3.05) is 44.2 Å². The summed E-state index contributed by atoms with van der Waals surface area (Å²) in [5, 5.41) is 19.0. The van der Waals surface area contributed by atoms with Crippen molar-refractivity contribution in [2.24, 2.45) is 0 Å². The van der Waals surface area contributed by atoms with E-state index in [2.05, 4.69) is 20.0 Å². The van der Waals surface area contributed by atoms with E-state index >= 15 is 0 Å².